The van der Waals surface area contributed by atoms with Gasteiger partial charge in [-0.15, -0.1) is 6.58 Å². The smallest absolute Gasteiger partial charge is 0.119 e. The SMILES string of the molecule is C=CCCC(O)CN(C)c1ccc(OC)cc1. The second kappa shape index (κ2) is 6.97. The van der Waals surface area contributed by atoms with E-state index in [0.29, 0.717) is 6.54 Å². The molecule has 0 heterocycles. The van der Waals surface area contributed by atoms with Crippen molar-refractivity contribution in [2.24, 2.45) is 0 Å². The van der Waals surface area contributed by atoms with Crippen LogP contribution in [0.15, 0.2) is 36.9 Å². The Labute approximate surface area is 103 Å². The third-order valence-corrected chi connectivity index (χ3v) is 2.70. The molecular weight excluding hydrogens is 214 g/mol. The van der Waals surface area contributed by atoms with Gasteiger partial charge < -0.3 is 14.7 Å². The minimum absolute atomic E-state index is 0.319. The van der Waals surface area contributed by atoms with E-state index < -0.39 is 0 Å². The van der Waals surface area contributed by atoms with Crippen LogP contribution in [0.25, 0.3) is 0 Å². The minimum Gasteiger partial charge on any atom is -0.497 e. The van der Waals surface area contributed by atoms with Crippen molar-refractivity contribution in [1.29, 1.82) is 0 Å². The zero-order valence-corrected chi connectivity index (χ0v) is 10.6. The van der Waals surface area contributed by atoms with E-state index >= 15 is 0 Å². The highest BCUT2D eigenvalue weighted by molar-refractivity contribution is 5.48. The number of likely N-dealkylation sites (N-methyl/N-ethyl adjacent to an activating group) is 1. The van der Waals surface area contributed by atoms with E-state index in [0.717, 1.165) is 24.3 Å². The van der Waals surface area contributed by atoms with Gasteiger partial charge in [0.2, 0.25) is 0 Å². The van der Waals surface area contributed by atoms with Crippen LogP contribution in [0.3, 0.4) is 0 Å². The predicted molar refractivity (Wildman–Crippen MR) is 71.7 cm³/mol. The molecule has 0 saturated carbocycles. The van der Waals surface area contributed by atoms with Crippen molar-refractivity contribution in [3.63, 3.8) is 0 Å². The van der Waals surface area contributed by atoms with Gasteiger partial charge in [-0.1, -0.05) is 6.08 Å². The van der Waals surface area contributed by atoms with Gasteiger partial charge >= 0.3 is 0 Å². The summed E-state index contributed by atoms with van der Waals surface area (Å²) in [4.78, 5) is 2.03. The van der Waals surface area contributed by atoms with Crippen LogP contribution in [0.1, 0.15) is 12.8 Å². The summed E-state index contributed by atoms with van der Waals surface area (Å²) in [6.45, 7) is 4.28. The van der Waals surface area contributed by atoms with Crippen molar-refractivity contribution in [3.8, 4) is 5.75 Å². The van der Waals surface area contributed by atoms with Crippen LogP contribution in [-0.2, 0) is 0 Å². The van der Waals surface area contributed by atoms with Crippen LogP contribution in [-0.4, -0.2) is 31.9 Å². The number of aliphatic hydroxyl groups is 1. The topological polar surface area (TPSA) is 32.7 Å². The van der Waals surface area contributed by atoms with Crippen LogP contribution in [0.4, 0.5) is 5.69 Å². The Morgan fingerprint density at radius 3 is 2.59 bits per heavy atom. The molecule has 1 N–H and O–H groups in total. The summed E-state index contributed by atoms with van der Waals surface area (Å²) in [5.41, 5.74) is 1.07. The summed E-state index contributed by atoms with van der Waals surface area (Å²) < 4.78 is 5.10. The zero-order valence-electron chi connectivity index (χ0n) is 10.6. The maximum atomic E-state index is 9.80. The van der Waals surface area contributed by atoms with E-state index in [1.165, 1.54) is 0 Å². The Hall–Kier alpha value is -1.48. The number of rotatable bonds is 7. The van der Waals surface area contributed by atoms with Crippen LogP contribution >= 0.6 is 0 Å². The minimum atomic E-state index is -0.319. The van der Waals surface area contributed by atoms with Crippen molar-refractivity contribution in [2.75, 3.05) is 25.6 Å². The average molecular weight is 235 g/mol. The first kappa shape index (κ1) is 13.6. The number of hydrogen-bond acceptors (Lipinski definition) is 3. The standard InChI is InChI=1S/C14H21NO2/c1-4-5-6-13(16)11-15(2)12-7-9-14(17-3)10-8-12/h4,7-10,13,16H,1,5-6,11H2,2-3H3. The van der Waals surface area contributed by atoms with Crippen LogP contribution in [0, 0.1) is 0 Å². The van der Waals surface area contributed by atoms with Gasteiger partial charge in [-0.2, -0.15) is 0 Å². The fourth-order valence-electron chi connectivity index (χ4n) is 1.66. The van der Waals surface area contributed by atoms with Crippen LogP contribution in [0.2, 0.25) is 0 Å². The van der Waals surface area contributed by atoms with E-state index in [2.05, 4.69) is 6.58 Å². The molecule has 0 aliphatic carbocycles. The highest BCUT2D eigenvalue weighted by Gasteiger charge is 2.08. The molecule has 0 aliphatic heterocycles. The van der Waals surface area contributed by atoms with Crippen molar-refractivity contribution in [3.05, 3.63) is 36.9 Å². The van der Waals surface area contributed by atoms with Gasteiger partial charge in [0.1, 0.15) is 5.75 Å². The molecule has 0 amide bonds. The molecule has 0 saturated heterocycles. The molecule has 1 unspecified atom stereocenters. The monoisotopic (exact) mass is 235 g/mol. The molecule has 0 bridgehead atoms. The van der Waals surface area contributed by atoms with Gasteiger partial charge in [0.05, 0.1) is 13.2 Å². The molecule has 94 valence electrons. The number of hydrogen-bond donors (Lipinski definition) is 1. The summed E-state index contributed by atoms with van der Waals surface area (Å²) in [5.74, 6) is 0.842. The van der Waals surface area contributed by atoms with E-state index in [1.807, 2.05) is 42.3 Å². The molecule has 1 atom stereocenters. The normalized spacial score (nSPS) is 11.9. The maximum Gasteiger partial charge on any atom is 0.119 e. The van der Waals surface area contributed by atoms with E-state index in [4.69, 9.17) is 4.74 Å². The molecule has 0 fully saturated rings. The van der Waals surface area contributed by atoms with Gasteiger partial charge in [-0.3, -0.25) is 0 Å². The van der Waals surface area contributed by atoms with E-state index in [1.54, 1.807) is 7.11 Å². The number of methoxy groups -OCH3 is 1. The van der Waals surface area contributed by atoms with Crippen LogP contribution in [0.5, 0.6) is 5.75 Å². The first-order valence-electron chi connectivity index (χ1n) is 5.81. The molecule has 0 aromatic heterocycles. The lowest BCUT2D eigenvalue weighted by Gasteiger charge is -2.22. The number of aliphatic hydroxyl groups excluding tert-OH is 1. The zero-order chi connectivity index (χ0) is 12.7. The Morgan fingerprint density at radius 1 is 1.41 bits per heavy atom. The molecule has 1 rings (SSSR count). The molecule has 1 aromatic carbocycles. The first-order valence-corrected chi connectivity index (χ1v) is 5.81. The summed E-state index contributed by atoms with van der Waals surface area (Å²) >= 11 is 0. The van der Waals surface area contributed by atoms with Crippen molar-refractivity contribution in [1.82, 2.24) is 0 Å². The van der Waals surface area contributed by atoms with Crippen molar-refractivity contribution < 1.29 is 9.84 Å². The molecule has 0 aliphatic rings. The third-order valence-electron chi connectivity index (χ3n) is 2.70. The number of ether oxygens (including phenoxy) is 1. The number of allylic oxidation sites excluding steroid dienone is 1. The fourth-order valence-corrected chi connectivity index (χ4v) is 1.66. The summed E-state index contributed by atoms with van der Waals surface area (Å²) in [5, 5.41) is 9.80. The Kier molecular flexibility index (Phi) is 5.57. The van der Waals surface area contributed by atoms with Gasteiger partial charge in [-0.25, -0.2) is 0 Å². The summed E-state index contributed by atoms with van der Waals surface area (Å²) in [7, 11) is 3.62. The third kappa shape index (κ3) is 4.49. The summed E-state index contributed by atoms with van der Waals surface area (Å²) in [6.07, 6.45) is 3.11. The number of nitrogens with zero attached hydrogens (tertiary/aromatic N) is 1. The molecule has 3 nitrogen and oxygen atoms in total. The lowest BCUT2D eigenvalue weighted by molar-refractivity contribution is 0.172. The second-order valence-corrected chi connectivity index (χ2v) is 4.10. The van der Waals surface area contributed by atoms with E-state index in [-0.39, 0.29) is 6.10 Å². The second-order valence-electron chi connectivity index (χ2n) is 4.10. The van der Waals surface area contributed by atoms with Gasteiger partial charge in [0, 0.05) is 19.3 Å². The maximum absolute atomic E-state index is 9.80. The first-order chi connectivity index (χ1) is 8.17. The van der Waals surface area contributed by atoms with Gasteiger partial charge in [0.25, 0.3) is 0 Å². The van der Waals surface area contributed by atoms with Crippen molar-refractivity contribution >= 4 is 5.69 Å². The predicted octanol–water partition coefficient (Wildman–Crippen LogP) is 2.46. The molecule has 1 aromatic rings. The lowest BCUT2D eigenvalue weighted by atomic mass is 10.2. The lowest BCUT2D eigenvalue weighted by Crippen LogP contribution is -2.28. The molecule has 0 radical (unpaired) electrons. The Bertz CT molecular complexity index is 335. The van der Waals surface area contributed by atoms with Gasteiger partial charge in [0.15, 0.2) is 0 Å². The molecule has 17 heavy (non-hydrogen) atoms. The van der Waals surface area contributed by atoms with E-state index in [9.17, 15) is 5.11 Å². The molecule has 0 spiro atoms. The largest absolute Gasteiger partial charge is 0.497 e. The highest BCUT2D eigenvalue weighted by atomic mass is 16.5. The van der Waals surface area contributed by atoms with Crippen LogP contribution < -0.4 is 9.64 Å². The Morgan fingerprint density at radius 2 is 2.06 bits per heavy atom. The average Bonchev–Trinajstić information content (AvgIpc) is 2.36. The van der Waals surface area contributed by atoms with Crippen molar-refractivity contribution in [2.45, 2.75) is 18.9 Å². The quantitative estimate of drug-likeness (QED) is 0.737. The van der Waals surface area contributed by atoms with Gasteiger partial charge in [-0.05, 0) is 37.1 Å². The number of anilines is 1. The fraction of sp³-hybridized carbons (Fsp3) is 0.429. The molecule has 3 heteroatoms. The Balaban J connectivity index is 2.50. The highest BCUT2D eigenvalue weighted by Crippen LogP contribution is 2.18. The molecular formula is C14H21NO2. The summed E-state index contributed by atoms with van der Waals surface area (Å²) in [6, 6.07) is 7.81. The number of benzene rings is 1.